The van der Waals surface area contributed by atoms with Crippen molar-refractivity contribution in [2.75, 3.05) is 11.3 Å². The SMILES string of the molecule is Cc1ccc(C)c2c(Oc3cccc(C4=NC(C(C)C)CO4)c3NS(=O)(=O)c3cc(Cl)cc(Cl)c3)cccc12. The van der Waals surface area contributed by atoms with Crippen molar-refractivity contribution in [1.29, 1.82) is 0 Å². The summed E-state index contributed by atoms with van der Waals surface area (Å²) in [5, 5.41) is 2.42. The lowest BCUT2D eigenvalue weighted by Gasteiger charge is -2.19. The predicted octanol–water partition coefficient (Wildman–Crippen LogP) is 8.16. The molecule has 0 spiro atoms. The highest BCUT2D eigenvalue weighted by Crippen LogP contribution is 2.40. The summed E-state index contributed by atoms with van der Waals surface area (Å²) in [6.07, 6.45) is 0. The molecule has 0 aromatic heterocycles. The largest absolute Gasteiger partial charge is 0.475 e. The van der Waals surface area contributed by atoms with Crippen molar-refractivity contribution >= 4 is 55.6 Å². The molecule has 0 fully saturated rings. The van der Waals surface area contributed by atoms with Gasteiger partial charge in [0.2, 0.25) is 5.90 Å². The average molecular weight is 584 g/mol. The van der Waals surface area contributed by atoms with E-state index in [1.54, 1.807) is 18.2 Å². The van der Waals surface area contributed by atoms with E-state index in [1.807, 2.05) is 38.1 Å². The minimum atomic E-state index is -4.12. The molecule has 0 amide bonds. The van der Waals surface area contributed by atoms with Gasteiger partial charge in [-0.05, 0) is 72.7 Å². The Balaban J connectivity index is 1.66. The van der Waals surface area contributed by atoms with Gasteiger partial charge in [-0.15, -0.1) is 0 Å². The minimum Gasteiger partial charge on any atom is -0.475 e. The van der Waals surface area contributed by atoms with E-state index in [9.17, 15) is 8.42 Å². The summed E-state index contributed by atoms with van der Waals surface area (Å²) in [6, 6.07) is 19.3. The van der Waals surface area contributed by atoms with Crippen LogP contribution in [0.4, 0.5) is 5.69 Å². The van der Waals surface area contributed by atoms with Crippen LogP contribution >= 0.6 is 23.2 Å². The number of hydrogen-bond donors (Lipinski definition) is 1. The summed E-state index contributed by atoms with van der Waals surface area (Å²) in [5.74, 6) is 1.52. The van der Waals surface area contributed by atoms with Gasteiger partial charge in [0, 0.05) is 15.4 Å². The number of ether oxygens (including phenoxy) is 2. The van der Waals surface area contributed by atoms with Crippen LogP contribution in [0, 0.1) is 19.8 Å². The number of halogens is 2. The van der Waals surface area contributed by atoms with E-state index in [0.29, 0.717) is 29.6 Å². The van der Waals surface area contributed by atoms with Crippen LogP contribution in [-0.4, -0.2) is 27.0 Å². The van der Waals surface area contributed by atoms with Crippen molar-refractivity contribution in [3.05, 3.63) is 93.5 Å². The summed E-state index contributed by atoms with van der Waals surface area (Å²) >= 11 is 12.2. The third-order valence-electron chi connectivity index (χ3n) is 6.73. The number of sulfonamides is 1. The van der Waals surface area contributed by atoms with Crippen LogP contribution in [0.5, 0.6) is 11.5 Å². The quantitative estimate of drug-likeness (QED) is 0.238. The molecule has 39 heavy (non-hydrogen) atoms. The standard InChI is InChI=1S/C30H28Cl2N2O4S/c1-17(2)25-16-37-30(33-25)24-8-6-10-27(29(24)34-39(35,36)22-14-20(31)13-21(32)15-22)38-26-9-5-7-23-18(3)11-12-19(4)28(23)26/h5-15,17,25,34H,16H2,1-4H3. The molecule has 5 rings (SSSR count). The number of hydrogen-bond acceptors (Lipinski definition) is 5. The highest BCUT2D eigenvalue weighted by atomic mass is 35.5. The summed E-state index contributed by atoms with van der Waals surface area (Å²) in [4.78, 5) is 4.66. The van der Waals surface area contributed by atoms with Crippen molar-refractivity contribution in [2.24, 2.45) is 10.9 Å². The van der Waals surface area contributed by atoms with Crippen LogP contribution in [0.25, 0.3) is 10.8 Å². The van der Waals surface area contributed by atoms with Gasteiger partial charge in [0.15, 0.2) is 5.75 Å². The Morgan fingerprint density at radius 1 is 0.949 bits per heavy atom. The third-order valence-corrected chi connectivity index (χ3v) is 8.50. The Kier molecular flexibility index (Phi) is 7.51. The maximum atomic E-state index is 13.6. The Labute approximate surface area is 238 Å². The number of benzene rings is 4. The first kappa shape index (κ1) is 27.3. The van der Waals surface area contributed by atoms with Crippen molar-refractivity contribution < 1.29 is 17.9 Å². The van der Waals surface area contributed by atoms with Crippen LogP contribution < -0.4 is 9.46 Å². The van der Waals surface area contributed by atoms with Gasteiger partial charge in [-0.3, -0.25) is 4.72 Å². The van der Waals surface area contributed by atoms with E-state index in [1.165, 1.54) is 18.2 Å². The molecule has 0 saturated carbocycles. The molecule has 4 aromatic carbocycles. The molecule has 6 nitrogen and oxygen atoms in total. The Morgan fingerprint density at radius 3 is 2.31 bits per heavy atom. The van der Waals surface area contributed by atoms with Gasteiger partial charge in [0.1, 0.15) is 18.0 Å². The first-order chi connectivity index (χ1) is 18.5. The lowest BCUT2D eigenvalue weighted by molar-refractivity contribution is 0.292. The number of anilines is 1. The summed E-state index contributed by atoms with van der Waals surface area (Å²) in [5.41, 5.74) is 2.84. The van der Waals surface area contributed by atoms with Crippen molar-refractivity contribution in [3.63, 3.8) is 0 Å². The predicted molar refractivity (Wildman–Crippen MR) is 158 cm³/mol. The Bertz CT molecular complexity index is 1700. The third kappa shape index (κ3) is 5.57. The molecular weight excluding hydrogens is 555 g/mol. The number of aryl methyl sites for hydroxylation is 2. The second-order valence-corrected chi connectivity index (χ2v) is 12.5. The van der Waals surface area contributed by atoms with E-state index in [-0.39, 0.29) is 32.6 Å². The van der Waals surface area contributed by atoms with Gasteiger partial charge in [-0.1, -0.05) is 67.4 Å². The number of nitrogens with one attached hydrogen (secondary N) is 1. The lowest BCUT2D eigenvalue weighted by Crippen LogP contribution is -2.17. The van der Waals surface area contributed by atoms with Gasteiger partial charge in [0.25, 0.3) is 10.0 Å². The fourth-order valence-corrected chi connectivity index (χ4v) is 6.36. The average Bonchev–Trinajstić information content (AvgIpc) is 3.37. The maximum Gasteiger partial charge on any atom is 0.262 e. The van der Waals surface area contributed by atoms with Gasteiger partial charge in [0.05, 0.1) is 16.5 Å². The molecule has 0 radical (unpaired) electrons. The van der Waals surface area contributed by atoms with Crippen molar-refractivity contribution in [2.45, 2.75) is 38.6 Å². The number of fused-ring (bicyclic) bond motifs is 1. The van der Waals surface area contributed by atoms with Crippen molar-refractivity contribution in [3.8, 4) is 11.5 Å². The first-order valence-corrected chi connectivity index (χ1v) is 14.8. The highest BCUT2D eigenvalue weighted by molar-refractivity contribution is 7.92. The smallest absolute Gasteiger partial charge is 0.262 e. The molecule has 0 aliphatic carbocycles. The lowest BCUT2D eigenvalue weighted by atomic mass is 10.0. The molecule has 9 heteroatoms. The van der Waals surface area contributed by atoms with E-state index in [4.69, 9.17) is 37.7 Å². The number of aliphatic imine (C=N–C) groups is 1. The topological polar surface area (TPSA) is 77.0 Å². The molecular formula is C30H28Cl2N2O4S. The molecule has 1 heterocycles. The molecule has 1 N–H and O–H groups in total. The van der Waals surface area contributed by atoms with Crippen molar-refractivity contribution in [1.82, 2.24) is 0 Å². The molecule has 1 aliphatic rings. The molecule has 1 unspecified atom stereocenters. The Morgan fingerprint density at radius 2 is 1.62 bits per heavy atom. The van der Waals surface area contributed by atoms with Gasteiger partial charge < -0.3 is 9.47 Å². The zero-order chi connectivity index (χ0) is 27.9. The van der Waals surface area contributed by atoms with Crippen LogP contribution in [0.3, 0.4) is 0 Å². The molecule has 1 aliphatic heterocycles. The zero-order valence-corrected chi connectivity index (χ0v) is 24.3. The van der Waals surface area contributed by atoms with E-state index in [0.717, 1.165) is 21.9 Å². The van der Waals surface area contributed by atoms with Crippen LogP contribution in [-0.2, 0) is 14.8 Å². The molecule has 202 valence electrons. The highest BCUT2D eigenvalue weighted by Gasteiger charge is 2.28. The Hall–Kier alpha value is -3.26. The molecule has 4 aromatic rings. The van der Waals surface area contributed by atoms with Crippen LogP contribution in [0.15, 0.2) is 76.6 Å². The van der Waals surface area contributed by atoms with Gasteiger partial charge in [-0.2, -0.15) is 0 Å². The fraction of sp³-hybridized carbons (Fsp3) is 0.233. The summed E-state index contributed by atoms with van der Waals surface area (Å²) in [6.45, 7) is 8.61. The van der Waals surface area contributed by atoms with E-state index >= 15 is 0 Å². The summed E-state index contributed by atoms with van der Waals surface area (Å²) < 4.78 is 42.3. The first-order valence-electron chi connectivity index (χ1n) is 12.5. The monoisotopic (exact) mass is 582 g/mol. The van der Waals surface area contributed by atoms with E-state index < -0.39 is 10.0 Å². The van der Waals surface area contributed by atoms with Crippen LogP contribution in [0.2, 0.25) is 10.0 Å². The normalized spacial score (nSPS) is 15.4. The molecule has 0 saturated heterocycles. The van der Waals surface area contributed by atoms with Gasteiger partial charge in [-0.25, -0.2) is 13.4 Å². The van der Waals surface area contributed by atoms with Gasteiger partial charge >= 0.3 is 0 Å². The summed E-state index contributed by atoms with van der Waals surface area (Å²) in [7, 11) is -4.12. The second kappa shape index (κ2) is 10.7. The maximum absolute atomic E-state index is 13.6. The number of rotatable bonds is 7. The number of nitrogens with zero attached hydrogens (tertiary/aromatic N) is 1. The fourth-order valence-electron chi connectivity index (χ4n) is 4.55. The second-order valence-electron chi connectivity index (χ2n) is 9.93. The zero-order valence-electron chi connectivity index (χ0n) is 22.0. The molecule has 0 bridgehead atoms. The minimum absolute atomic E-state index is 0.0375. The molecule has 1 atom stereocenters. The van der Waals surface area contributed by atoms with Crippen LogP contribution in [0.1, 0.15) is 30.5 Å². The van der Waals surface area contributed by atoms with E-state index in [2.05, 4.69) is 24.6 Å². The number of para-hydroxylation sites is 1.